The second-order valence-electron chi connectivity index (χ2n) is 6.80. The van der Waals surface area contributed by atoms with Crippen LogP contribution < -0.4 is 5.32 Å². The van der Waals surface area contributed by atoms with E-state index in [2.05, 4.69) is 38.2 Å². The molecule has 1 aromatic rings. The van der Waals surface area contributed by atoms with Crippen molar-refractivity contribution in [3.63, 3.8) is 0 Å². The second-order valence-corrected chi connectivity index (χ2v) is 6.80. The van der Waals surface area contributed by atoms with E-state index in [1.54, 1.807) is 0 Å². The Kier molecular flexibility index (Phi) is 4.27. The second kappa shape index (κ2) is 5.75. The summed E-state index contributed by atoms with van der Waals surface area (Å²) in [5.74, 6) is 0.798. The molecule has 0 heterocycles. The number of nitriles is 1. The molecule has 1 aliphatic carbocycles. The maximum atomic E-state index is 8.91. The lowest BCUT2D eigenvalue weighted by Crippen LogP contribution is -2.39. The summed E-state index contributed by atoms with van der Waals surface area (Å²) < 4.78 is 0. The summed E-state index contributed by atoms with van der Waals surface area (Å²) in [4.78, 5) is 0. The predicted molar refractivity (Wildman–Crippen MR) is 78.6 cm³/mol. The van der Waals surface area contributed by atoms with Crippen molar-refractivity contribution in [3.05, 3.63) is 35.4 Å². The third-order valence-corrected chi connectivity index (χ3v) is 4.04. The van der Waals surface area contributed by atoms with Gasteiger partial charge < -0.3 is 5.32 Å². The fourth-order valence-corrected chi connectivity index (χ4v) is 3.51. The van der Waals surface area contributed by atoms with E-state index in [-0.39, 0.29) is 0 Å². The molecule has 2 rings (SSSR count). The molecule has 1 aliphatic rings. The van der Waals surface area contributed by atoms with Crippen molar-refractivity contribution in [1.82, 2.24) is 5.32 Å². The Balaban J connectivity index is 1.93. The number of hydrogen-bond donors (Lipinski definition) is 1. The summed E-state index contributed by atoms with van der Waals surface area (Å²) in [6.07, 6.45) is 3.84. The van der Waals surface area contributed by atoms with Gasteiger partial charge in [-0.25, -0.2) is 0 Å². The molecule has 0 bridgehead atoms. The lowest BCUT2D eigenvalue weighted by Gasteiger charge is -2.39. The highest BCUT2D eigenvalue weighted by Crippen LogP contribution is 2.38. The van der Waals surface area contributed by atoms with E-state index in [4.69, 9.17) is 5.26 Å². The minimum atomic E-state index is 0.448. The van der Waals surface area contributed by atoms with Gasteiger partial charge in [-0.3, -0.25) is 0 Å². The molecule has 1 saturated carbocycles. The van der Waals surface area contributed by atoms with E-state index in [9.17, 15) is 0 Å². The van der Waals surface area contributed by atoms with Crippen LogP contribution in [-0.2, 0) is 6.54 Å². The molecule has 102 valence electrons. The van der Waals surface area contributed by atoms with Gasteiger partial charge in [-0.2, -0.15) is 5.26 Å². The first-order valence-corrected chi connectivity index (χ1v) is 7.21. The molecule has 2 nitrogen and oxygen atoms in total. The minimum absolute atomic E-state index is 0.448. The molecular formula is C17H24N2. The number of hydrogen-bond acceptors (Lipinski definition) is 2. The Bertz CT molecular complexity index is 470. The molecule has 0 amide bonds. The summed E-state index contributed by atoms with van der Waals surface area (Å²) in [5, 5.41) is 12.6. The largest absolute Gasteiger partial charge is 0.310 e. The first-order chi connectivity index (χ1) is 8.98. The topological polar surface area (TPSA) is 35.8 Å². The Labute approximate surface area is 116 Å². The van der Waals surface area contributed by atoms with Gasteiger partial charge in [0.25, 0.3) is 0 Å². The van der Waals surface area contributed by atoms with Crippen molar-refractivity contribution in [2.45, 2.75) is 52.6 Å². The monoisotopic (exact) mass is 256 g/mol. The van der Waals surface area contributed by atoms with E-state index >= 15 is 0 Å². The predicted octanol–water partition coefficient (Wildman–Crippen LogP) is 3.86. The van der Waals surface area contributed by atoms with Crippen LogP contribution in [0.25, 0.3) is 0 Å². The molecule has 1 fully saturated rings. The van der Waals surface area contributed by atoms with Crippen molar-refractivity contribution in [2.75, 3.05) is 0 Å². The normalized spacial score (nSPS) is 25.8. The summed E-state index contributed by atoms with van der Waals surface area (Å²) in [6, 6.07) is 10.7. The van der Waals surface area contributed by atoms with Gasteiger partial charge in [-0.15, -0.1) is 0 Å². The zero-order valence-corrected chi connectivity index (χ0v) is 12.2. The minimum Gasteiger partial charge on any atom is -0.310 e. The third-order valence-electron chi connectivity index (χ3n) is 4.04. The summed E-state index contributed by atoms with van der Waals surface area (Å²) >= 11 is 0. The van der Waals surface area contributed by atoms with Crippen LogP contribution >= 0.6 is 0 Å². The van der Waals surface area contributed by atoms with Crippen molar-refractivity contribution < 1.29 is 0 Å². The lowest BCUT2D eigenvalue weighted by molar-refractivity contribution is 0.151. The van der Waals surface area contributed by atoms with Crippen LogP contribution in [0.5, 0.6) is 0 Å². The van der Waals surface area contributed by atoms with Gasteiger partial charge >= 0.3 is 0 Å². The molecule has 19 heavy (non-hydrogen) atoms. The molecule has 0 aromatic heterocycles. The average Bonchev–Trinajstić information content (AvgIpc) is 2.34. The van der Waals surface area contributed by atoms with E-state index in [0.29, 0.717) is 11.5 Å². The van der Waals surface area contributed by atoms with E-state index < -0.39 is 0 Å². The van der Waals surface area contributed by atoms with Crippen LogP contribution in [0.2, 0.25) is 0 Å². The average molecular weight is 256 g/mol. The highest BCUT2D eigenvalue weighted by Gasteiger charge is 2.31. The van der Waals surface area contributed by atoms with Gasteiger partial charge in [0.05, 0.1) is 11.6 Å². The molecule has 1 aromatic carbocycles. The number of nitrogens with one attached hydrogen (secondary N) is 1. The van der Waals surface area contributed by atoms with E-state index in [1.807, 2.05) is 18.2 Å². The number of benzene rings is 1. The van der Waals surface area contributed by atoms with Crippen molar-refractivity contribution >= 4 is 0 Å². The van der Waals surface area contributed by atoms with Crippen LogP contribution in [0.4, 0.5) is 0 Å². The van der Waals surface area contributed by atoms with Gasteiger partial charge in [0, 0.05) is 12.6 Å². The molecule has 2 atom stereocenters. The smallest absolute Gasteiger partial charge is 0.0991 e. The zero-order chi connectivity index (χ0) is 13.9. The molecule has 0 saturated heterocycles. The van der Waals surface area contributed by atoms with Crippen LogP contribution in [0, 0.1) is 22.7 Å². The van der Waals surface area contributed by atoms with Crippen molar-refractivity contribution in [2.24, 2.45) is 11.3 Å². The van der Waals surface area contributed by atoms with Gasteiger partial charge in [0.1, 0.15) is 0 Å². The maximum Gasteiger partial charge on any atom is 0.0991 e. The zero-order valence-electron chi connectivity index (χ0n) is 12.2. The van der Waals surface area contributed by atoms with Crippen molar-refractivity contribution in [3.8, 4) is 6.07 Å². The van der Waals surface area contributed by atoms with E-state index in [1.165, 1.54) is 24.8 Å². The summed E-state index contributed by atoms with van der Waals surface area (Å²) in [7, 11) is 0. The Morgan fingerprint density at radius 3 is 2.84 bits per heavy atom. The van der Waals surface area contributed by atoms with Crippen LogP contribution in [0.1, 0.15) is 51.2 Å². The Hall–Kier alpha value is -1.33. The van der Waals surface area contributed by atoms with Crippen LogP contribution in [0.3, 0.4) is 0 Å². The summed E-state index contributed by atoms with van der Waals surface area (Å²) in [6.45, 7) is 7.95. The summed E-state index contributed by atoms with van der Waals surface area (Å²) in [5.41, 5.74) is 2.40. The SMILES string of the molecule is CC1CC(NCc2cccc(C#N)c2)CC(C)(C)C1. The maximum absolute atomic E-state index is 8.91. The first kappa shape index (κ1) is 14.1. The van der Waals surface area contributed by atoms with Crippen LogP contribution in [0.15, 0.2) is 24.3 Å². The molecule has 0 aliphatic heterocycles. The van der Waals surface area contributed by atoms with E-state index in [0.717, 1.165) is 18.0 Å². The molecule has 2 heteroatoms. The van der Waals surface area contributed by atoms with Gasteiger partial charge in [0.15, 0.2) is 0 Å². The first-order valence-electron chi connectivity index (χ1n) is 7.21. The quantitative estimate of drug-likeness (QED) is 0.891. The van der Waals surface area contributed by atoms with Crippen molar-refractivity contribution in [1.29, 1.82) is 5.26 Å². The highest BCUT2D eigenvalue weighted by atomic mass is 14.9. The molecule has 2 unspecified atom stereocenters. The number of rotatable bonds is 3. The molecule has 0 spiro atoms. The fourth-order valence-electron chi connectivity index (χ4n) is 3.51. The van der Waals surface area contributed by atoms with Gasteiger partial charge in [-0.05, 0) is 48.3 Å². The number of nitrogens with zero attached hydrogens (tertiary/aromatic N) is 1. The lowest BCUT2D eigenvalue weighted by atomic mass is 9.70. The van der Waals surface area contributed by atoms with Gasteiger partial charge in [-0.1, -0.05) is 32.9 Å². The van der Waals surface area contributed by atoms with Gasteiger partial charge in [0.2, 0.25) is 0 Å². The Morgan fingerprint density at radius 2 is 2.16 bits per heavy atom. The molecule has 0 radical (unpaired) electrons. The Morgan fingerprint density at radius 1 is 1.37 bits per heavy atom. The third kappa shape index (κ3) is 4.08. The highest BCUT2D eigenvalue weighted by molar-refractivity contribution is 5.32. The molecular weight excluding hydrogens is 232 g/mol. The van der Waals surface area contributed by atoms with Crippen LogP contribution in [-0.4, -0.2) is 6.04 Å². The standard InChI is InChI=1S/C17H24N2/c1-13-7-16(10-17(2,3)9-13)19-12-15-6-4-5-14(8-15)11-18/h4-6,8,13,16,19H,7,9-10,12H2,1-3H3. The molecule has 1 N–H and O–H groups in total. The fraction of sp³-hybridized carbons (Fsp3) is 0.588.